The Labute approximate surface area is 83.8 Å². The molecule has 0 unspecified atom stereocenters. The Morgan fingerprint density at radius 3 is 2.64 bits per heavy atom. The topological polar surface area (TPSA) is 33.7 Å². The molecule has 0 radical (unpaired) electrons. The maximum atomic E-state index is 7.70. The second kappa shape index (κ2) is 4.46. The van der Waals surface area contributed by atoms with Crippen molar-refractivity contribution in [3.8, 4) is 0 Å². The monoisotopic (exact) mass is 189 g/mol. The summed E-state index contributed by atoms with van der Waals surface area (Å²) in [6.07, 6.45) is 11.3. The van der Waals surface area contributed by atoms with Crippen LogP contribution in [0.5, 0.6) is 0 Å². The highest BCUT2D eigenvalue weighted by Crippen LogP contribution is 1.99. The predicted molar refractivity (Wildman–Crippen MR) is 58.5 cm³/mol. The van der Waals surface area contributed by atoms with Gasteiger partial charge in [-0.3, -0.25) is 9.98 Å². The number of hydrogen-bond acceptors (Lipinski definition) is 1. The number of rotatable bonds is 3. The third-order valence-electron chi connectivity index (χ3n) is 1.90. The summed E-state index contributed by atoms with van der Waals surface area (Å²) in [7, 11) is 1.84. The van der Waals surface area contributed by atoms with Gasteiger partial charge in [-0.1, -0.05) is 24.8 Å². The van der Waals surface area contributed by atoms with Crippen LogP contribution in [0.1, 0.15) is 6.92 Å². The minimum Gasteiger partial charge on any atom is -0.320 e. The Morgan fingerprint density at radius 2 is 2.14 bits per heavy atom. The van der Waals surface area contributed by atoms with Crippen LogP contribution in [-0.2, 0) is 7.05 Å². The summed E-state index contributed by atoms with van der Waals surface area (Å²) < 4.78 is 3.45. The van der Waals surface area contributed by atoms with Gasteiger partial charge in [-0.05, 0) is 13.0 Å². The van der Waals surface area contributed by atoms with E-state index in [1.807, 2.05) is 50.7 Å². The van der Waals surface area contributed by atoms with E-state index in [0.29, 0.717) is 5.62 Å². The first-order valence-electron chi connectivity index (χ1n) is 4.44. The largest absolute Gasteiger partial charge is 0.320 e. The van der Waals surface area contributed by atoms with Gasteiger partial charge in [-0.25, -0.2) is 0 Å². The van der Waals surface area contributed by atoms with Crippen LogP contribution in [-0.4, -0.2) is 9.13 Å². The number of imidazole rings is 1. The van der Waals surface area contributed by atoms with Crippen LogP contribution in [0, 0.1) is 5.41 Å². The van der Waals surface area contributed by atoms with Gasteiger partial charge in [0.25, 0.3) is 0 Å². The highest BCUT2D eigenvalue weighted by Gasteiger charge is 1.96. The molecule has 0 aliphatic rings. The number of aryl methyl sites for hydroxylation is 1. The van der Waals surface area contributed by atoms with Crippen molar-refractivity contribution >= 4 is 5.70 Å². The van der Waals surface area contributed by atoms with Crippen molar-refractivity contribution in [3.63, 3.8) is 0 Å². The van der Waals surface area contributed by atoms with Gasteiger partial charge < -0.3 is 4.57 Å². The summed E-state index contributed by atoms with van der Waals surface area (Å²) in [5.74, 6) is 0. The molecular formula is C11H15N3. The smallest absolute Gasteiger partial charge is 0.206 e. The van der Waals surface area contributed by atoms with Crippen LogP contribution in [0.3, 0.4) is 0 Å². The molecule has 1 rings (SSSR count). The SMILES string of the molecule is C=C(/C=C\C=C/C)n1ccn(C)c1=N. The fraction of sp³-hybridized carbons (Fsp3) is 0.182. The fourth-order valence-electron chi connectivity index (χ4n) is 1.07. The first-order chi connectivity index (χ1) is 6.66. The minimum atomic E-state index is 0.417. The molecule has 0 aliphatic carbocycles. The lowest BCUT2D eigenvalue weighted by atomic mass is 10.4. The van der Waals surface area contributed by atoms with Gasteiger partial charge in [-0.15, -0.1) is 0 Å². The van der Waals surface area contributed by atoms with Gasteiger partial charge in [0.05, 0.1) is 0 Å². The molecule has 74 valence electrons. The van der Waals surface area contributed by atoms with E-state index in [1.165, 1.54) is 0 Å². The molecule has 0 fully saturated rings. The molecule has 1 N–H and O–H groups in total. The van der Waals surface area contributed by atoms with Gasteiger partial charge in [0.2, 0.25) is 5.62 Å². The van der Waals surface area contributed by atoms with E-state index in [1.54, 1.807) is 9.13 Å². The quantitative estimate of drug-likeness (QED) is 0.705. The maximum Gasteiger partial charge on any atom is 0.206 e. The normalized spacial score (nSPS) is 11.6. The van der Waals surface area contributed by atoms with E-state index in [0.717, 1.165) is 5.70 Å². The number of nitrogens with zero attached hydrogens (tertiary/aromatic N) is 2. The summed E-state index contributed by atoms with van der Waals surface area (Å²) in [5.41, 5.74) is 1.20. The van der Waals surface area contributed by atoms with E-state index < -0.39 is 0 Å². The molecule has 0 bridgehead atoms. The number of allylic oxidation sites excluding steroid dienone is 5. The van der Waals surface area contributed by atoms with Gasteiger partial charge in [0, 0.05) is 25.1 Å². The average Bonchev–Trinajstić information content (AvgIpc) is 2.48. The van der Waals surface area contributed by atoms with E-state index in [2.05, 4.69) is 6.58 Å². The molecule has 14 heavy (non-hydrogen) atoms. The molecule has 1 aromatic rings. The van der Waals surface area contributed by atoms with Gasteiger partial charge in [-0.2, -0.15) is 0 Å². The summed E-state index contributed by atoms with van der Waals surface area (Å²) in [4.78, 5) is 0. The first-order valence-corrected chi connectivity index (χ1v) is 4.44. The predicted octanol–water partition coefficient (Wildman–Crippen LogP) is 1.91. The second-order valence-corrected chi connectivity index (χ2v) is 2.98. The number of nitrogens with one attached hydrogen (secondary N) is 1. The van der Waals surface area contributed by atoms with Crippen molar-refractivity contribution in [2.45, 2.75) is 6.92 Å². The van der Waals surface area contributed by atoms with Crippen LogP contribution in [0.2, 0.25) is 0 Å². The van der Waals surface area contributed by atoms with Crippen molar-refractivity contribution in [1.29, 1.82) is 5.41 Å². The van der Waals surface area contributed by atoms with E-state index in [9.17, 15) is 0 Å². The van der Waals surface area contributed by atoms with E-state index >= 15 is 0 Å². The van der Waals surface area contributed by atoms with Crippen LogP contribution in [0.4, 0.5) is 0 Å². The zero-order valence-corrected chi connectivity index (χ0v) is 8.57. The summed E-state index contributed by atoms with van der Waals surface area (Å²) in [6, 6.07) is 0. The number of aromatic nitrogens is 2. The third-order valence-corrected chi connectivity index (χ3v) is 1.90. The Balaban J connectivity index is 2.91. The van der Waals surface area contributed by atoms with Crippen molar-refractivity contribution in [2.75, 3.05) is 0 Å². The van der Waals surface area contributed by atoms with E-state index in [-0.39, 0.29) is 0 Å². The first kappa shape index (κ1) is 10.3. The van der Waals surface area contributed by atoms with E-state index in [4.69, 9.17) is 5.41 Å². The lowest BCUT2D eigenvalue weighted by Gasteiger charge is -1.99. The lowest BCUT2D eigenvalue weighted by Crippen LogP contribution is -2.20. The van der Waals surface area contributed by atoms with Crippen molar-refractivity contribution in [2.24, 2.45) is 7.05 Å². The van der Waals surface area contributed by atoms with Crippen LogP contribution >= 0.6 is 0 Å². The highest BCUT2D eigenvalue weighted by atomic mass is 15.1. The summed E-state index contributed by atoms with van der Waals surface area (Å²) >= 11 is 0. The molecule has 3 heteroatoms. The van der Waals surface area contributed by atoms with Crippen molar-refractivity contribution < 1.29 is 0 Å². The Kier molecular flexibility index (Phi) is 3.29. The third kappa shape index (κ3) is 2.13. The molecule has 1 aromatic heterocycles. The minimum absolute atomic E-state index is 0.417. The zero-order chi connectivity index (χ0) is 10.6. The molecule has 3 nitrogen and oxygen atoms in total. The molecule has 1 heterocycles. The van der Waals surface area contributed by atoms with Gasteiger partial charge in [0.15, 0.2) is 0 Å². The standard InChI is InChI=1S/C11H15N3/c1-4-5-6-7-10(2)14-9-8-13(3)11(14)12/h4-9,12H,2H2,1,3H3/b5-4-,7-6-,12-11?. The fourth-order valence-corrected chi connectivity index (χ4v) is 1.07. The summed E-state index contributed by atoms with van der Waals surface area (Å²) in [6.45, 7) is 5.84. The molecule has 0 amide bonds. The molecule has 0 aromatic carbocycles. The zero-order valence-electron chi connectivity index (χ0n) is 8.57. The molecule has 0 saturated heterocycles. The van der Waals surface area contributed by atoms with Crippen molar-refractivity contribution in [1.82, 2.24) is 9.13 Å². The van der Waals surface area contributed by atoms with Gasteiger partial charge >= 0.3 is 0 Å². The molecule has 0 atom stereocenters. The van der Waals surface area contributed by atoms with Crippen molar-refractivity contribution in [3.05, 3.63) is 48.9 Å². The maximum absolute atomic E-state index is 7.70. The van der Waals surface area contributed by atoms with Crippen LogP contribution < -0.4 is 5.62 Å². The van der Waals surface area contributed by atoms with Crippen LogP contribution in [0.25, 0.3) is 5.70 Å². The summed E-state index contributed by atoms with van der Waals surface area (Å²) in [5, 5.41) is 7.70. The molecule has 0 saturated carbocycles. The van der Waals surface area contributed by atoms with Gasteiger partial charge in [0.1, 0.15) is 0 Å². The lowest BCUT2D eigenvalue weighted by molar-refractivity contribution is 0.777. The second-order valence-electron chi connectivity index (χ2n) is 2.98. The molecule has 0 spiro atoms. The molecule has 0 aliphatic heterocycles. The Morgan fingerprint density at radius 1 is 1.43 bits per heavy atom. The number of hydrogen-bond donors (Lipinski definition) is 1. The Hall–Kier alpha value is -1.77. The Bertz CT molecular complexity index is 430. The molecular weight excluding hydrogens is 174 g/mol. The average molecular weight is 189 g/mol. The highest BCUT2D eigenvalue weighted by molar-refractivity contribution is 5.54. The van der Waals surface area contributed by atoms with Crippen LogP contribution in [0.15, 0.2) is 43.3 Å².